The van der Waals surface area contributed by atoms with Crippen molar-refractivity contribution in [3.63, 3.8) is 0 Å². The maximum atomic E-state index is 13.3. The van der Waals surface area contributed by atoms with E-state index in [1.807, 2.05) is 0 Å². The van der Waals surface area contributed by atoms with Gasteiger partial charge in [-0.3, -0.25) is 0 Å². The molecular weight excluding hydrogens is 241 g/mol. The van der Waals surface area contributed by atoms with Crippen LogP contribution in [0.15, 0.2) is 18.2 Å². The molecule has 1 fully saturated rings. The fourth-order valence-electron chi connectivity index (χ4n) is 2.71. The van der Waals surface area contributed by atoms with E-state index in [9.17, 15) is 13.2 Å². The highest BCUT2D eigenvalue weighted by Gasteiger charge is 2.57. The van der Waals surface area contributed by atoms with Crippen LogP contribution < -0.4 is 10.6 Å². The SMILES string of the molecule is CN(C)c1cc(F)ccc1C1(CN)CC(F)(F)C1. The molecule has 1 aromatic rings. The zero-order valence-electron chi connectivity index (χ0n) is 10.5. The van der Waals surface area contributed by atoms with Gasteiger partial charge in [-0.25, -0.2) is 13.2 Å². The highest BCUT2D eigenvalue weighted by atomic mass is 19.3. The van der Waals surface area contributed by atoms with E-state index >= 15 is 0 Å². The van der Waals surface area contributed by atoms with Gasteiger partial charge in [-0.2, -0.15) is 0 Å². The maximum Gasteiger partial charge on any atom is 0.250 e. The molecule has 2 nitrogen and oxygen atoms in total. The molecule has 0 aromatic heterocycles. The van der Waals surface area contributed by atoms with E-state index in [4.69, 9.17) is 5.73 Å². The van der Waals surface area contributed by atoms with Crippen molar-refractivity contribution in [3.05, 3.63) is 29.6 Å². The zero-order valence-corrected chi connectivity index (χ0v) is 10.5. The van der Waals surface area contributed by atoms with Gasteiger partial charge in [-0.05, 0) is 17.7 Å². The van der Waals surface area contributed by atoms with E-state index in [1.54, 1.807) is 25.1 Å². The molecule has 0 bridgehead atoms. The first-order valence-corrected chi connectivity index (χ1v) is 5.85. The largest absolute Gasteiger partial charge is 0.377 e. The summed E-state index contributed by atoms with van der Waals surface area (Å²) in [6.45, 7) is 0.148. The average Bonchev–Trinajstić information content (AvgIpc) is 2.25. The monoisotopic (exact) mass is 258 g/mol. The van der Waals surface area contributed by atoms with Crippen LogP contribution in [0.2, 0.25) is 0 Å². The van der Waals surface area contributed by atoms with Gasteiger partial charge in [0.1, 0.15) is 5.82 Å². The van der Waals surface area contributed by atoms with Crippen LogP contribution in [0, 0.1) is 5.82 Å². The van der Waals surface area contributed by atoms with Crippen molar-refractivity contribution in [1.82, 2.24) is 0 Å². The quantitative estimate of drug-likeness (QED) is 0.902. The second kappa shape index (κ2) is 4.16. The van der Waals surface area contributed by atoms with Crippen molar-refractivity contribution in [2.45, 2.75) is 24.2 Å². The Hall–Kier alpha value is -1.23. The number of rotatable bonds is 3. The number of anilines is 1. The summed E-state index contributed by atoms with van der Waals surface area (Å²) in [7, 11) is 3.53. The molecule has 0 aliphatic heterocycles. The Morgan fingerprint density at radius 3 is 2.33 bits per heavy atom. The minimum atomic E-state index is -2.66. The third-order valence-corrected chi connectivity index (χ3v) is 3.60. The van der Waals surface area contributed by atoms with Gasteiger partial charge < -0.3 is 10.6 Å². The molecule has 2 N–H and O–H groups in total. The number of nitrogens with two attached hydrogens (primary N) is 1. The van der Waals surface area contributed by atoms with Crippen LogP contribution in [0.3, 0.4) is 0 Å². The number of alkyl halides is 2. The zero-order chi connectivity index (χ0) is 13.6. The Labute approximate surface area is 105 Å². The molecular formula is C13H17F3N2. The first-order chi connectivity index (χ1) is 8.30. The summed E-state index contributed by atoms with van der Waals surface area (Å²) in [6, 6.07) is 4.24. The number of hydrogen-bond donors (Lipinski definition) is 1. The van der Waals surface area contributed by atoms with Crippen molar-refractivity contribution in [3.8, 4) is 0 Å². The molecule has 0 spiro atoms. The van der Waals surface area contributed by atoms with Crippen molar-refractivity contribution in [1.29, 1.82) is 0 Å². The van der Waals surface area contributed by atoms with E-state index < -0.39 is 11.3 Å². The van der Waals surface area contributed by atoms with Crippen LogP contribution in [0.5, 0.6) is 0 Å². The summed E-state index contributed by atoms with van der Waals surface area (Å²) in [5.41, 5.74) is 6.29. The van der Waals surface area contributed by atoms with E-state index in [0.717, 1.165) is 0 Å². The fourth-order valence-corrected chi connectivity index (χ4v) is 2.71. The van der Waals surface area contributed by atoms with Crippen molar-refractivity contribution < 1.29 is 13.2 Å². The molecule has 100 valence electrons. The first kappa shape index (κ1) is 13.2. The van der Waals surface area contributed by atoms with Crippen molar-refractivity contribution in [2.75, 3.05) is 25.5 Å². The van der Waals surface area contributed by atoms with Crippen LogP contribution in [-0.4, -0.2) is 26.6 Å². The first-order valence-electron chi connectivity index (χ1n) is 5.85. The minimum absolute atomic E-state index is 0.148. The predicted molar refractivity (Wildman–Crippen MR) is 65.6 cm³/mol. The van der Waals surface area contributed by atoms with Gasteiger partial charge >= 0.3 is 0 Å². The molecule has 0 radical (unpaired) electrons. The lowest BCUT2D eigenvalue weighted by Gasteiger charge is -2.48. The molecule has 1 aliphatic carbocycles. The summed E-state index contributed by atoms with van der Waals surface area (Å²) in [5.74, 6) is -3.03. The smallest absolute Gasteiger partial charge is 0.250 e. The van der Waals surface area contributed by atoms with Crippen LogP contribution >= 0.6 is 0 Å². The summed E-state index contributed by atoms with van der Waals surface area (Å²) < 4.78 is 39.6. The lowest BCUT2D eigenvalue weighted by Crippen LogP contribution is -2.54. The van der Waals surface area contributed by atoms with Crippen LogP contribution in [0.4, 0.5) is 18.9 Å². The van der Waals surface area contributed by atoms with Crippen LogP contribution in [-0.2, 0) is 5.41 Å². The van der Waals surface area contributed by atoms with E-state index in [-0.39, 0.29) is 25.2 Å². The molecule has 0 saturated heterocycles. The van der Waals surface area contributed by atoms with Crippen molar-refractivity contribution >= 4 is 5.69 Å². The Morgan fingerprint density at radius 1 is 1.28 bits per heavy atom. The van der Waals surface area contributed by atoms with E-state index in [2.05, 4.69) is 0 Å². The summed E-state index contributed by atoms with van der Waals surface area (Å²) in [6.07, 6.45) is -0.522. The summed E-state index contributed by atoms with van der Waals surface area (Å²) >= 11 is 0. The molecule has 0 heterocycles. The van der Waals surface area contributed by atoms with Gasteiger partial charge in [-0.1, -0.05) is 6.07 Å². The Kier molecular flexibility index (Phi) is 3.05. The Morgan fingerprint density at radius 2 is 1.89 bits per heavy atom. The topological polar surface area (TPSA) is 29.3 Å². The molecule has 1 aromatic carbocycles. The molecule has 2 rings (SSSR count). The molecule has 1 saturated carbocycles. The van der Waals surface area contributed by atoms with Crippen molar-refractivity contribution in [2.24, 2.45) is 5.73 Å². The lowest BCUT2D eigenvalue weighted by atomic mass is 9.61. The Bertz CT molecular complexity index is 450. The third-order valence-electron chi connectivity index (χ3n) is 3.60. The van der Waals surface area contributed by atoms with Gasteiger partial charge in [0.05, 0.1) is 0 Å². The second-order valence-electron chi connectivity index (χ2n) is 5.25. The van der Waals surface area contributed by atoms with Crippen LogP contribution in [0.1, 0.15) is 18.4 Å². The molecule has 0 amide bonds. The highest BCUT2D eigenvalue weighted by molar-refractivity contribution is 5.57. The number of halogens is 3. The lowest BCUT2D eigenvalue weighted by molar-refractivity contribution is -0.123. The average molecular weight is 258 g/mol. The second-order valence-corrected chi connectivity index (χ2v) is 5.25. The Balaban J connectivity index is 2.44. The van der Waals surface area contributed by atoms with Gasteiger partial charge in [-0.15, -0.1) is 0 Å². The number of hydrogen-bond acceptors (Lipinski definition) is 2. The molecule has 5 heteroatoms. The van der Waals surface area contributed by atoms with Gasteiger partial charge in [0.15, 0.2) is 0 Å². The standard InChI is InChI=1S/C13H17F3N2/c1-18(2)11-5-9(14)3-4-10(11)12(8-17)6-13(15,16)7-12/h3-5H,6-8,17H2,1-2H3. The van der Waals surface area contributed by atoms with Gasteiger partial charge in [0, 0.05) is 44.6 Å². The maximum absolute atomic E-state index is 13.3. The summed E-state index contributed by atoms with van der Waals surface area (Å²) in [5, 5.41) is 0. The molecule has 18 heavy (non-hydrogen) atoms. The third kappa shape index (κ3) is 2.07. The van der Waals surface area contributed by atoms with Gasteiger partial charge in [0.2, 0.25) is 5.92 Å². The molecule has 0 unspecified atom stereocenters. The predicted octanol–water partition coefficient (Wildman–Crippen LogP) is 2.52. The highest BCUT2D eigenvalue weighted by Crippen LogP contribution is 2.54. The molecule has 0 atom stereocenters. The molecule has 1 aliphatic rings. The number of benzene rings is 1. The number of nitrogens with zero attached hydrogens (tertiary/aromatic N) is 1. The minimum Gasteiger partial charge on any atom is -0.377 e. The van der Waals surface area contributed by atoms with E-state index in [1.165, 1.54) is 12.1 Å². The fraction of sp³-hybridized carbons (Fsp3) is 0.538. The normalized spacial score (nSPS) is 20.3. The van der Waals surface area contributed by atoms with Gasteiger partial charge in [0.25, 0.3) is 0 Å². The summed E-state index contributed by atoms with van der Waals surface area (Å²) in [4.78, 5) is 1.73. The van der Waals surface area contributed by atoms with E-state index in [0.29, 0.717) is 11.3 Å². The van der Waals surface area contributed by atoms with Crippen LogP contribution in [0.25, 0.3) is 0 Å².